The predicted molar refractivity (Wildman–Crippen MR) is 50.8 cm³/mol. The monoisotopic (exact) mass is 217 g/mol. The molecule has 0 fully saturated rings. The minimum atomic E-state index is -3.64. The number of rotatable bonds is 2. The van der Waals surface area contributed by atoms with Crippen molar-refractivity contribution in [2.75, 3.05) is 6.26 Å². The number of nitrogens with zero attached hydrogens (tertiary/aromatic N) is 1. The van der Waals surface area contributed by atoms with Crippen LogP contribution in [0, 0.1) is 0 Å². The first kappa shape index (κ1) is 11.0. The fourth-order valence-corrected chi connectivity index (χ4v) is 1.58. The summed E-state index contributed by atoms with van der Waals surface area (Å²) >= 11 is 0. The highest BCUT2D eigenvalue weighted by Crippen LogP contribution is 1.87. The molecule has 0 unspecified atom stereocenters. The molecule has 0 aliphatic rings. The van der Waals surface area contributed by atoms with Crippen LogP contribution in [0.5, 0.6) is 0 Å². The van der Waals surface area contributed by atoms with Crippen LogP contribution in [0.2, 0.25) is 0 Å². The molecular formula is C6H8BNO5S. The zero-order valence-corrected chi connectivity index (χ0v) is 8.10. The van der Waals surface area contributed by atoms with Crippen molar-refractivity contribution in [2.24, 2.45) is 0 Å². The summed E-state index contributed by atoms with van der Waals surface area (Å²) < 4.78 is 22.5. The van der Waals surface area contributed by atoms with Gasteiger partial charge in [-0.15, -0.1) is 0 Å². The SMILES string of the molecule is CS(=O)(=O)n1ccc(B(O)O)cc1=O. The molecule has 2 N–H and O–H groups in total. The lowest BCUT2D eigenvalue weighted by atomic mass is 9.81. The van der Waals surface area contributed by atoms with Crippen molar-refractivity contribution in [1.29, 1.82) is 0 Å². The molecule has 0 aliphatic heterocycles. The van der Waals surface area contributed by atoms with Crippen molar-refractivity contribution in [3.8, 4) is 0 Å². The molecule has 0 radical (unpaired) electrons. The van der Waals surface area contributed by atoms with Crippen LogP contribution in [-0.4, -0.2) is 35.8 Å². The second-order valence-electron chi connectivity index (χ2n) is 2.73. The van der Waals surface area contributed by atoms with Crippen molar-refractivity contribution < 1.29 is 18.5 Å². The van der Waals surface area contributed by atoms with Crippen molar-refractivity contribution in [3.63, 3.8) is 0 Å². The Labute approximate surface area is 80.6 Å². The summed E-state index contributed by atoms with van der Waals surface area (Å²) in [5.74, 6) is 0. The Morgan fingerprint density at radius 2 is 2.00 bits per heavy atom. The topological polar surface area (TPSA) is 96.6 Å². The van der Waals surface area contributed by atoms with Gasteiger partial charge in [0, 0.05) is 12.3 Å². The summed E-state index contributed by atoms with van der Waals surface area (Å²) in [7, 11) is -5.42. The van der Waals surface area contributed by atoms with Crippen LogP contribution in [0.1, 0.15) is 0 Å². The molecule has 0 amide bonds. The van der Waals surface area contributed by atoms with Gasteiger partial charge in [-0.2, -0.15) is 0 Å². The van der Waals surface area contributed by atoms with E-state index in [-0.39, 0.29) is 5.46 Å². The van der Waals surface area contributed by atoms with E-state index in [1.54, 1.807) is 0 Å². The van der Waals surface area contributed by atoms with Gasteiger partial charge in [0.1, 0.15) is 0 Å². The summed E-state index contributed by atoms with van der Waals surface area (Å²) in [6.45, 7) is 0. The molecule has 6 nitrogen and oxygen atoms in total. The number of hydrogen-bond acceptors (Lipinski definition) is 5. The van der Waals surface area contributed by atoms with Crippen LogP contribution >= 0.6 is 0 Å². The van der Waals surface area contributed by atoms with Gasteiger partial charge in [0.15, 0.2) is 0 Å². The van der Waals surface area contributed by atoms with E-state index in [0.717, 1.165) is 24.6 Å². The molecule has 76 valence electrons. The molecule has 0 atom stereocenters. The molecule has 14 heavy (non-hydrogen) atoms. The average Bonchev–Trinajstić information content (AvgIpc) is 2.01. The molecule has 0 spiro atoms. The first-order chi connectivity index (χ1) is 6.32. The maximum Gasteiger partial charge on any atom is 0.488 e. The second kappa shape index (κ2) is 3.56. The quantitative estimate of drug-likeness (QED) is 0.527. The summed E-state index contributed by atoms with van der Waals surface area (Å²) in [6, 6.07) is 2.00. The normalized spacial score (nSPS) is 11.4. The van der Waals surface area contributed by atoms with Crippen LogP contribution in [0.15, 0.2) is 23.1 Å². The van der Waals surface area contributed by atoms with Crippen LogP contribution in [0.3, 0.4) is 0 Å². The molecule has 0 saturated heterocycles. The van der Waals surface area contributed by atoms with Gasteiger partial charge in [-0.05, 0) is 11.5 Å². The molecule has 1 aromatic rings. The lowest BCUT2D eigenvalue weighted by Gasteiger charge is -2.03. The number of pyridine rings is 1. The Kier molecular flexibility index (Phi) is 2.79. The lowest BCUT2D eigenvalue weighted by Crippen LogP contribution is -2.36. The van der Waals surface area contributed by atoms with Gasteiger partial charge in [0.05, 0.1) is 6.26 Å². The smallest absolute Gasteiger partial charge is 0.423 e. The van der Waals surface area contributed by atoms with Gasteiger partial charge >= 0.3 is 7.12 Å². The Hall–Kier alpha value is -1.12. The number of aromatic nitrogens is 1. The van der Waals surface area contributed by atoms with Crippen molar-refractivity contribution in [2.45, 2.75) is 0 Å². The molecule has 8 heteroatoms. The minimum absolute atomic E-state index is 0.0464. The third-order valence-electron chi connectivity index (χ3n) is 1.57. The highest BCUT2D eigenvalue weighted by molar-refractivity contribution is 7.89. The molecule has 0 saturated carbocycles. The highest BCUT2D eigenvalue weighted by atomic mass is 32.2. The zero-order valence-electron chi connectivity index (χ0n) is 7.28. The van der Waals surface area contributed by atoms with Gasteiger partial charge < -0.3 is 10.0 Å². The molecule has 1 heterocycles. The average molecular weight is 217 g/mol. The number of hydrogen-bond donors (Lipinski definition) is 2. The lowest BCUT2D eigenvalue weighted by molar-refractivity contribution is 0.425. The second-order valence-corrected chi connectivity index (χ2v) is 4.59. The van der Waals surface area contributed by atoms with Crippen molar-refractivity contribution in [1.82, 2.24) is 3.97 Å². The van der Waals surface area contributed by atoms with Crippen molar-refractivity contribution >= 4 is 22.6 Å². The third-order valence-corrected chi connectivity index (χ3v) is 2.58. The van der Waals surface area contributed by atoms with Gasteiger partial charge in [0.25, 0.3) is 5.56 Å². The molecule has 0 bridgehead atoms. The minimum Gasteiger partial charge on any atom is -0.423 e. The Bertz CT molecular complexity index is 491. The zero-order chi connectivity index (χ0) is 10.9. The predicted octanol–water partition coefficient (Wildman–Crippen LogP) is -2.66. The van der Waals surface area contributed by atoms with Crippen LogP contribution < -0.4 is 11.0 Å². The van der Waals surface area contributed by atoms with E-state index in [0.29, 0.717) is 3.97 Å². The summed E-state index contributed by atoms with van der Waals surface area (Å²) in [5, 5.41) is 17.4. The third kappa shape index (κ3) is 2.22. The van der Waals surface area contributed by atoms with E-state index in [9.17, 15) is 13.2 Å². The first-order valence-corrected chi connectivity index (χ1v) is 5.46. The van der Waals surface area contributed by atoms with Crippen LogP contribution in [-0.2, 0) is 10.0 Å². The van der Waals surface area contributed by atoms with Gasteiger partial charge in [-0.1, -0.05) is 0 Å². The Morgan fingerprint density at radius 3 is 2.36 bits per heavy atom. The van der Waals surface area contributed by atoms with E-state index in [1.807, 2.05) is 0 Å². The Morgan fingerprint density at radius 1 is 1.43 bits per heavy atom. The summed E-state index contributed by atoms with van der Waals surface area (Å²) in [6.07, 6.45) is 1.86. The highest BCUT2D eigenvalue weighted by Gasteiger charge is 2.14. The summed E-state index contributed by atoms with van der Waals surface area (Å²) in [5.41, 5.74) is -0.868. The van der Waals surface area contributed by atoms with Crippen molar-refractivity contribution in [3.05, 3.63) is 28.7 Å². The largest absolute Gasteiger partial charge is 0.488 e. The van der Waals surface area contributed by atoms with Gasteiger partial charge in [-0.25, -0.2) is 12.4 Å². The molecule has 1 rings (SSSR count). The molecule has 0 aromatic carbocycles. The van der Waals surface area contributed by atoms with Crippen LogP contribution in [0.4, 0.5) is 0 Å². The Balaban J connectivity index is 3.36. The van der Waals surface area contributed by atoms with E-state index in [4.69, 9.17) is 10.0 Å². The standard InChI is InChI=1S/C6H8BNO5S/c1-14(12,13)8-3-2-5(7(10)11)4-6(8)9/h2-4,10-11H,1H3. The first-order valence-electron chi connectivity index (χ1n) is 3.61. The maximum absolute atomic E-state index is 11.2. The van der Waals surface area contributed by atoms with E-state index < -0.39 is 22.7 Å². The van der Waals surface area contributed by atoms with E-state index in [1.165, 1.54) is 0 Å². The van der Waals surface area contributed by atoms with Gasteiger partial charge in [-0.3, -0.25) is 4.79 Å². The fourth-order valence-electron chi connectivity index (χ4n) is 0.916. The summed E-state index contributed by atoms with van der Waals surface area (Å²) in [4.78, 5) is 11.2. The maximum atomic E-state index is 11.2. The van der Waals surface area contributed by atoms with E-state index >= 15 is 0 Å². The fraction of sp³-hybridized carbons (Fsp3) is 0.167. The van der Waals surface area contributed by atoms with E-state index in [2.05, 4.69) is 0 Å². The molecule has 1 aromatic heterocycles. The molecular weight excluding hydrogens is 209 g/mol. The van der Waals surface area contributed by atoms with Gasteiger partial charge in [0.2, 0.25) is 10.0 Å². The molecule has 0 aliphatic carbocycles. The van der Waals surface area contributed by atoms with Crippen LogP contribution in [0.25, 0.3) is 0 Å².